The third-order valence-corrected chi connectivity index (χ3v) is 4.66. The van der Waals surface area contributed by atoms with Crippen LogP contribution in [0.4, 0.5) is 4.79 Å². The Morgan fingerprint density at radius 3 is 2.52 bits per heavy atom. The van der Waals surface area contributed by atoms with Gasteiger partial charge in [0, 0.05) is 5.92 Å². The highest BCUT2D eigenvalue weighted by Crippen LogP contribution is 2.45. The van der Waals surface area contributed by atoms with E-state index in [1.165, 1.54) is 7.11 Å². The van der Waals surface area contributed by atoms with E-state index in [0.717, 1.165) is 5.01 Å². The van der Waals surface area contributed by atoms with Gasteiger partial charge in [0.25, 0.3) is 0 Å². The molecule has 1 saturated carbocycles. The lowest BCUT2D eigenvalue weighted by Gasteiger charge is -2.26. The summed E-state index contributed by atoms with van der Waals surface area (Å²) in [6.45, 7) is 1.26. The van der Waals surface area contributed by atoms with E-state index in [4.69, 9.17) is 49.0 Å². The van der Waals surface area contributed by atoms with E-state index < -0.39 is 45.9 Å². The lowest BCUT2D eigenvalue weighted by Crippen LogP contribution is -2.54. The van der Waals surface area contributed by atoms with Gasteiger partial charge in [-0.05, 0) is 19.8 Å². The van der Waals surface area contributed by atoms with Crippen LogP contribution in [0.5, 0.6) is 0 Å². The van der Waals surface area contributed by atoms with Crippen molar-refractivity contribution in [2.24, 2.45) is 5.92 Å². The summed E-state index contributed by atoms with van der Waals surface area (Å²) in [5, 5.41) is 0.940. The van der Waals surface area contributed by atoms with Gasteiger partial charge in [0.15, 0.2) is 6.04 Å². The van der Waals surface area contributed by atoms with Gasteiger partial charge in [-0.2, -0.15) is 0 Å². The van der Waals surface area contributed by atoms with Crippen LogP contribution >= 0.6 is 34.8 Å². The normalized spacial score (nSPS) is 28.4. The summed E-state index contributed by atoms with van der Waals surface area (Å²) < 4.78 is 13.1. The first-order valence-corrected chi connectivity index (χ1v) is 8.85. The van der Waals surface area contributed by atoms with Crippen molar-refractivity contribution < 1.29 is 28.6 Å². The summed E-state index contributed by atoms with van der Waals surface area (Å²) in [6, 6.07) is -1.04. The number of halogens is 3. The van der Waals surface area contributed by atoms with Gasteiger partial charge >= 0.3 is 18.0 Å². The standard InChI is InChI=1S/C14H19Cl3N2O6/c1-3-24-10(20)9-8-5-4-6-13(8,11(21)23-2)18-19(9)12(22)25-7-14(15,16)17/h8-9,18H,3-7H2,1-2H3/t8-,9+,13-/m1/s1. The van der Waals surface area contributed by atoms with Crippen molar-refractivity contribution in [2.75, 3.05) is 20.3 Å². The molecule has 2 aliphatic rings. The molecule has 0 bridgehead atoms. The maximum Gasteiger partial charge on any atom is 0.425 e. The first-order valence-electron chi connectivity index (χ1n) is 7.72. The molecule has 2 rings (SSSR count). The minimum atomic E-state index is -1.80. The molecule has 0 aromatic rings. The van der Waals surface area contributed by atoms with Gasteiger partial charge in [0.1, 0.15) is 12.1 Å². The van der Waals surface area contributed by atoms with Crippen molar-refractivity contribution in [1.82, 2.24) is 10.4 Å². The fourth-order valence-electron chi connectivity index (χ4n) is 3.41. The molecule has 1 aliphatic carbocycles. The average Bonchev–Trinajstić information content (AvgIpc) is 3.08. The molecular formula is C14H19Cl3N2O6. The number of nitrogens with zero attached hydrogens (tertiary/aromatic N) is 1. The molecule has 25 heavy (non-hydrogen) atoms. The van der Waals surface area contributed by atoms with Crippen LogP contribution in [0.1, 0.15) is 26.2 Å². The van der Waals surface area contributed by atoms with Gasteiger partial charge < -0.3 is 14.2 Å². The van der Waals surface area contributed by atoms with Crippen molar-refractivity contribution in [3.05, 3.63) is 0 Å². The molecule has 1 heterocycles. The van der Waals surface area contributed by atoms with Crippen molar-refractivity contribution in [2.45, 2.75) is 41.6 Å². The molecule has 142 valence electrons. The van der Waals surface area contributed by atoms with Crippen LogP contribution in [0.3, 0.4) is 0 Å². The summed E-state index contributed by atoms with van der Waals surface area (Å²) in [5.74, 6) is -1.70. The van der Waals surface area contributed by atoms with Crippen LogP contribution in [0.15, 0.2) is 0 Å². The number of rotatable bonds is 4. The topological polar surface area (TPSA) is 94.2 Å². The van der Waals surface area contributed by atoms with Gasteiger partial charge in [-0.3, -0.25) is 0 Å². The molecule has 0 aromatic carbocycles. The van der Waals surface area contributed by atoms with E-state index >= 15 is 0 Å². The number of methoxy groups -OCH3 is 1. The van der Waals surface area contributed by atoms with Crippen LogP contribution in [-0.4, -0.2) is 58.7 Å². The van der Waals surface area contributed by atoms with E-state index in [0.29, 0.717) is 19.3 Å². The van der Waals surface area contributed by atoms with Crippen molar-refractivity contribution in [3.8, 4) is 0 Å². The Balaban J connectivity index is 2.28. The molecule has 1 aliphatic heterocycles. The fourth-order valence-corrected chi connectivity index (χ4v) is 3.58. The van der Waals surface area contributed by atoms with Crippen LogP contribution < -0.4 is 5.43 Å². The Kier molecular flexibility index (Phi) is 6.30. The zero-order valence-electron chi connectivity index (χ0n) is 13.7. The number of fused-ring (bicyclic) bond motifs is 1. The summed E-state index contributed by atoms with van der Waals surface area (Å²) in [7, 11) is 1.25. The summed E-state index contributed by atoms with van der Waals surface area (Å²) in [6.07, 6.45) is 0.704. The van der Waals surface area contributed by atoms with Crippen molar-refractivity contribution in [1.29, 1.82) is 0 Å². The SMILES string of the molecule is CCOC(=O)[C@@H]1[C@H]2CCC[C@@]2(C(=O)OC)NN1C(=O)OCC(Cl)(Cl)Cl. The second-order valence-electron chi connectivity index (χ2n) is 5.81. The number of nitrogens with one attached hydrogen (secondary N) is 1. The molecule has 8 nitrogen and oxygen atoms in total. The summed E-state index contributed by atoms with van der Waals surface area (Å²) in [5.41, 5.74) is 1.61. The second kappa shape index (κ2) is 7.73. The highest BCUT2D eigenvalue weighted by Gasteiger charge is 2.64. The fraction of sp³-hybridized carbons (Fsp3) is 0.786. The summed E-state index contributed by atoms with van der Waals surface area (Å²) >= 11 is 16.7. The Labute approximate surface area is 159 Å². The third kappa shape index (κ3) is 4.07. The zero-order chi connectivity index (χ0) is 18.8. The number of hydrazine groups is 1. The molecule has 1 amide bonds. The zero-order valence-corrected chi connectivity index (χ0v) is 16.0. The van der Waals surface area contributed by atoms with Crippen LogP contribution in [0.2, 0.25) is 0 Å². The largest absolute Gasteiger partial charge is 0.468 e. The lowest BCUT2D eigenvalue weighted by atomic mass is 9.84. The molecule has 0 unspecified atom stereocenters. The number of carbonyl (C=O) groups is 3. The number of amides is 1. The Hall–Kier alpha value is -0.960. The third-order valence-electron chi connectivity index (χ3n) is 4.33. The van der Waals surface area contributed by atoms with E-state index in [2.05, 4.69) is 5.43 Å². The minimum absolute atomic E-state index is 0.129. The van der Waals surface area contributed by atoms with Crippen LogP contribution in [0.25, 0.3) is 0 Å². The average molecular weight is 418 g/mol. The second-order valence-corrected chi connectivity index (χ2v) is 8.33. The first kappa shape index (κ1) is 20.4. The van der Waals surface area contributed by atoms with Gasteiger partial charge in [-0.1, -0.05) is 41.2 Å². The predicted octanol–water partition coefficient (Wildman–Crippen LogP) is 1.96. The molecule has 3 atom stereocenters. The molecule has 2 fully saturated rings. The molecular weight excluding hydrogens is 399 g/mol. The van der Waals surface area contributed by atoms with Crippen LogP contribution in [0, 0.1) is 5.92 Å². The smallest absolute Gasteiger partial charge is 0.425 e. The number of carbonyl (C=O) groups excluding carboxylic acids is 3. The molecule has 0 radical (unpaired) electrons. The maximum absolute atomic E-state index is 12.4. The number of alkyl halides is 3. The molecule has 1 N–H and O–H groups in total. The highest BCUT2D eigenvalue weighted by molar-refractivity contribution is 6.67. The van der Waals surface area contributed by atoms with Gasteiger partial charge in [-0.25, -0.2) is 24.8 Å². The summed E-state index contributed by atoms with van der Waals surface area (Å²) in [4.78, 5) is 37.2. The van der Waals surface area contributed by atoms with Crippen LogP contribution in [-0.2, 0) is 23.8 Å². The minimum Gasteiger partial charge on any atom is -0.468 e. The Bertz CT molecular complexity index is 555. The Morgan fingerprint density at radius 2 is 1.96 bits per heavy atom. The number of esters is 2. The molecule has 1 saturated heterocycles. The van der Waals surface area contributed by atoms with E-state index in [-0.39, 0.29) is 6.61 Å². The quantitative estimate of drug-likeness (QED) is 0.424. The van der Waals surface area contributed by atoms with Gasteiger partial charge in [-0.15, -0.1) is 0 Å². The van der Waals surface area contributed by atoms with E-state index in [1.54, 1.807) is 6.92 Å². The van der Waals surface area contributed by atoms with E-state index in [9.17, 15) is 14.4 Å². The predicted molar refractivity (Wildman–Crippen MR) is 89.1 cm³/mol. The van der Waals surface area contributed by atoms with Crippen molar-refractivity contribution >= 4 is 52.8 Å². The highest BCUT2D eigenvalue weighted by atomic mass is 35.6. The maximum atomic E-state index is 12.4. The molecule has 11 heteroatoms. The van der Waals surface area contributed by atoms with Crippen molar-refractivity contribution in [3.63, 3.8) is 0 Å². The Morgan fingerprint density at radius 1 is 1.28 bits per heavy atom. The first-order chi connectivity index (χ1) is 11.7. The number of ether oxygens (including phenoxy) is 3. The van der Waals surface area contributed by atoms with Gasteiger partial charge in [0.05, 0.1) is 13.7 Å². The number of hydrogen-bond acceptors (Lipinski definition) is 7. The molecule has 0 aromatic heterocycles. The monoisotopic (exact) mass is 416 g/mol. The van der Waals surface area contributed by atoms with Gasteiger partial charge in [0.2, 0.25) is 3.79 Å². The number of hydrogen-bond donors (Lipinski definition) is 1. The lowest BCUT2D eigenvalue weighted by molar-refractivity contribution is -0.150. The van der Waals surface area contributed by atoms with E-state index in [1.807, 2.05) is 0 Å². The molecule has 0 spiro atoms.